The van der Waals surface area contributed by atoms with Gasteiger partial charge in [0.1, 0.15) is 12.0 Å². The van der Waals surface area contributed by atoms with Crippen LogP contribution in [0.3, 0.4) is 0 Å². The number of amides is 1. The van der Waals surface area contributed by atoms with E-state index >= 15 is 0 Å². The first-order valence-electron chi connectivity index (χ1n) is 9.99. The lowest BCUT2D eigenvalue weighted by Crippen LogP contribution is -2.12. The summed E-state index contributed by atoms with van der Waals surface area (Å²) in [6.07, 6.45) is 11.1. The molecule has 10 heteroatoms. The van der Waals surface area contributed by atoms with Gasteiger partial charge < -0.3 is 9.88 Å². The van der Waals surface area contributed by atoms with E-state index in [4.69, 9.17) is 5.26 Å². The molecule has 0 saturated heterocycles. The predicted molar refractivity (Wildman–Crippen MR) is 116 cm³/mol. The number of nitrogens with zero attached hydrogens (tertiary/aromatic N) is 7. The number of anilines is 1. The Morgan fingerprint density at radius 2 is 1.97 bits per heavy atom. The molecule has 0 aliphatic rings. The Balaban J connectivity index is 1.58. The maximum Gasteiger partial charge on any atom is 0.258 e. The van der Waals surface area contributed by atoms with Gasteiger partial charge in [0.15, 0.2) is 5.78 Å². The second kappa shape index (κ2) is 8.77. The van der Waals surface area contributed by atoms with Crippen LogP contribution in [0.2, 0.25) is 0 Å². The lowest BCUT2D eigenvalue weighted by atomic mass is 10.1. The summed E-state index contributed by atoms with van der Waals surface area (Å²) in [5.74, 6) is -0.624. The third-order valence-corrected chi connectivity index (χ3v) is 4.90. The third-order valence-electron chi connectivity index (χ3n) is 4.90. The highest BCUT2D eigenvalue weighted by molar-refractivity contribution is 6.16. The number of nitriles is 1. The van der Waals surface area contributed by atoms with Crippen molar-refractivity contribution in [3.63, 3.8) is 0 Å². The van der Waals surface area contributed by atoms with E-state index in [0.717, 1.165) is 0 Å². The smallest absolute Gasteiger partial charge is 0.258 e. The number of ketones is 1. The second-order valence-electron chi connectivity index (χ2n) is 7.45. The minimum atomic E-state index is -0.385. The van der Waals surface area contributed by atoms with Crippen LogP contribution in [0.1, 0.15) is 52.6 Å². The lowest BCUT2D eigenvalue weighted by Gasteiger charge is -2.07. The molecule has 0 atom stereocenters. The zero-order valence-electron chi connectivity index (χ0n) is 17.6. The second-order valence-corrected chi connectivity index (χ2v) is 7.45. The van der Waals surface area contributed by atoms with Crippen molar-refractivity contribution >= 4 is 28.4 Å². The van der Waals surface area contributed by atoms with Crippen LogP contribution < -0.4 is 5.32 Å². The van der Waals surface area contributed by atoms with Crippen LogP contribution in [0.4, 0.5) is 5.69 Å². The van der Waals surface area contributed by atoms with Crippen molar-refractivity contribution < 1.29 is 9.59 Å². The zero-order chi connectivity index (χ0) is 22.7. The molecule has 0 aliphatic heterocycles. The third kappa shape index (κ3) is 4.09. The molecule has 160 valence electrons. The van der Waals surface area contributed by atoms with E-state index in [1.165, 1.54) is 29.6 Å². The van der Waals surface area contributed by atoms with E-state index in [9.17, 15) is 9.59 Å². The van der Waals surface area contributed by atoms with Gasteiger partial charge in [-0.3, -0.25) is 19.3 Å². The van der Waals surface area contributed by atoms with Crippen molar-refractivity contribution in [1.82, 2.24) is 29.3 Å². The van der Waals surface area contributed by atoms with Crippen LogP contribution in [-0.2, 0) is 6.54 Å². The minimum Gasteiger partial charge on any atom is -0.329 e. The predicted octanol–water partition coefficient (Wildman–Crippen LogP) is 3.00. The quantitative estimate of drug-likeness (QED) is 0.448. The van der Waals surface area contributed by atoms with Gasteiger partial charge in [0.05, 0.1) is 48.2 Å². The number of rotatable bonds is 7. The van der Waals surface area contributed by atoms with Gasteiger partial charge in [-0.1, -0.05) is 0 Å². The fraction of sp³-hybridized carbons (Fsp3) is 0.227. The van der Waals surface area contributed by atoms with Gasteiger partial charge in [0, 0.05) is 41.8 Å². The van der Waals surface area contributed by atoms with Gasteiger partial charge in [-0.2, -0.15) is 10.4 Å². The Morgan fingerprint density at radius 1 is 1.12 bits per heavy atom. The van der Waals surface area contributed by atoms with E-state index in [1.54, 1.807) is 24.7 Å². The summed E-state index contributed by atoms with van der Waals surface area (Å²) in [6.45, 7) is 4.43. The SMILES string of the molecule is CC(C)n1cc(C(=O)c2cncc(NC(=O)c3cnn(CCC#N)c3)c2)c2cncnc21. The van der Waals surface area contributed by atoms with Crippen molar-refractivity contribution in [2.45, 2.75) is 32.9 Å². The molecular weight excluding hydrogens is 408 g/mol. The molecule has 0 aliphatic carbocycles. The summed E-state index contributed by atoms with van der Waals surface area (Å²) < 4.78 is 3.45. The summed E-state index contributed by atoms with van der Waals surface area (Å²) in [5.41, 5.74) is 2.22. The van der Waals surface area contributed by atoms with Gasteiger partial charge in [-0.15, -0.1) is 0 Å². The van der Waals surface area contributed by atoms with Crippen LogP contribution in [0.5, 0.6) is 0 Å². The highest BCUT2D eigenvalue weighted by Gasteiger charge is 2.20. The highest BCUT2D eigenvalue weighted by atomic mass is 16.1. The van der Waals surface area contributed by atoms with Crippen molar-refractivity contribution in [2.75, 3.05) is 5.32 Å². The number of aryl methyl sites for hydroxylation is 1. The Kier molecular flexibility index (Phi) is 5.72. The maximum atomic E-state index is 13.2. The molecule has 1 N–H and O–H groups in total. The monoisotopic (exact) mass is 428 g/mol. The largest absolute Gasteiger partial charge is 0.329 e. The van der Waals surface area contributed by atoms with Crippen LogP contribution in [0.15, 0.2) is 49.6 Å². The normalized spacial score (nSPS) is 10.9. The summed E-state index contributed by atoms with van der Waals surface area (Å²) in [4.78, 5) is 38.3. The number of carbonyl (C=O) groups is 2. The van der Waals surface area contributed by atoms with E-state index in [2.05, 4.69) is 25.4 Å². The number of pyridine rings is 1. The Morgan fingerprint density at radius 3 is 2.75 bits per heavy atom. The molecule has 0 aromatic carbocycles. The molecule has 0 bridgehead atoms. The fourth-order valence-corrected chi connectivity index (χ4v) is 3.32. The lowest BCUT2D eigenvalue weighted by molar-refractivity contribution is 0.102. The van der Waals surface area contributed by atoms with Gasteiger partial charge in [0.2, 0.25) is 0 Å². The van der Waals surface area contributed by atoms with Crippen LogP contribution >= 0.6 is 0 Å². The van der Waals surface area contributed by atoms with Crippen molar-refractivity contribution in [3.05, 3.63) is 66.3 Å². The zero-order valence-corrected chi connectivity index (χ0v) is 17.6. The molecule has 1 amide bonds. The first-order chi connectivity index (χ1) is 15.5. The molecule has 4 aromatic heterocycles. The number of nitrogens with one attached hydrogen (secondary N) is 1. The van der Waals surface area contributed by atoms with Crippen molar-refractivity contribution in [2.24, 2.45) is 0 Å². The maximum absolute atomic E-state index is 13.2. The van der Waals surface area contributed by atoms with Crippen molar-refractivity contribution in [3.8, 4) is 6.07 Å². The molecule has 0 unspecified atom stereocenters. The molecule has 0 radical (unpaired) electrons. The van der Waals surface area contributed by atoms with E-state index in [-0.39, 0.29) is 17.7 Å². The summed E-state index contributed by atoms with van der Waals surface area (Å²) in [6, 6.07) is 3.73. The number of hydrogen-bond donors (Lipinski definition) is 1. The number of carbonyl (C=O) groups excluding carboxylic acids is 2. The van der Waals surface area contributed by atoms with Gasteiger partial charge >= 0.3 is 0 Å². The minimum absolute atomic E-state index is 0.117. The number of aromatic nitrogens is 6. The molecule has 0 fully saturated rings. The Bertz CT molecular complexity index is 1350. The van der Waals surface area contributed by atoms with Gasteiger partial charge in [0.25, 0.3) is 5.91 Å². The number of hydrogen-bond acceptors (Lipinski definition) is 7. The fourth-order valence-electron chi connectivity index (χ4n) is 3.32. The standard InChI is InChI=1S/C22H20N8O2/c1-14(2)30-12-19(18-10-25-13-26-21(18)30)20(31)15-6-17(9-24-7-15)28-22(32)16-8-27-29(11-16)5-3-4-23/h6-14H,3,5H2,1-2H3,(H,28,32). The summed E-state index contributed by atoms with van der Waals surface area (Å²) >= 11 is 0. The van der Waals surface area contributed by atoms with Gasteiger partial charge in [-0.05, 0) is 19.9 Å². The summed E-state index contributed by atoms with van der Waals surface area (Å²) in [5, 5.41) is 16.1. The van der Waals surface area contributed by atoms with Crippen LogP contribution in [0, 0.1) is 11.3 Å². The van der Waals surface area contributed by atoms with Crippen molar-refractivity contribution in [1.29, 1.82) is 5.26 Å². The molecular formula is C22H20N8O2. The average molecular weight is 428 g/mol. The van der Waals surface area contributed by atoms with E-state index in [0.29, 0.717) is 46.4 Å². The Hall–Kier alpha value is -4.39. The molecule has 0 spiro atoms. The molecule has 4 rings (SSSR count). The summed E-state index contributed by atoms with van der Waals surface area (Å²) in [7, 11) is 0. The van der Waals surface area contributed by atoms with Crippen LogP contribution in [-0.4, -0.2) is 41.0 Å². The molecule has 10 nitrogen and oxygen atoms in total. The first kappa shape index (κ1) is 20.9. The Labute approximate surface area is 183 Å². The molecule has 0 saturated carbocycles. The van der Waals surface area contributed by atoms with E-state index < -0.39 is 0 Å². The molecule has 4 heterocycles. The highest BCUT2D eigenvalue weighted by Crippen LogP contribution is 2.25. The first-order valence-corrected chi connectivity index (χ1v) is 9.99. The van der Waals surface area contributed by atoms with E-state index in [1.807, 2.05) is 24.5 Å². The number of fused-ring (bicyclic) bond motifs is 1. The van der Waals surface area contributed by atoms with Crippen LogP contribution in [0.25, 0.3) is 11.0 Å². The average Bonchev–Trinajstić information content (AvgIpc) is 3.42. The molecule has 4 aromatic rings. The van der Waals surface area contributed by atoms with Gasteiger partial charge in [-0.25, -0.2) is 9.97 Å². The molecule has 32 heavy (non-hydrogen) atoms. The topological polar surface area (TPSA) is 131 Å².